The summed E-state index contributed by atoms with van der Waals surface area (Å²) in [5.41, 5.74) is 2.75. The summed E-state index contributed by atoms with van der Waals surface area (Å²) in [4.78, 5) is 27.7. The number of nitrogens with one attached hydrogen (secondary N) is 1. The third-order valence-electron chi connectivity index (χ3n) is 6.94. The van der Waals surface area contributed by atoms with Gasteiger partial charge in [0.1, 0.15) is 0 Å². The summed E-state index contributed by atoms with van der Waals surface area (Å²) >= 11 is 0. The second kappa shape index (κ2) is 8.57. The molecule has 1 saturated carbocycles. The molecule has 8 heteroatoms. The van der Waals surface area contributed by atoms with Crippen molar-refractivity contribution in [2.45, 2.75) is 43.9 Å². The van der Waals surface area contributed by atoms with Crippen LogP contribution in [0.3, 0.4) is 0 Å². The van der Waals surface area contributed by atoms with Crippen molar-refractivity contribution in [3.63, 3.8) is 0 Å². The monoisotopic (exact) mass is 467 g/mol. The Hall–Kier alpha value is -2.71. The van der Waals surface area contributed by atoms with Crippen molar-refractivity contribution < 1.29 is 18.0 Å². The highest BCUT2D eigenvalue weighted by Crippen LogP contribution is 2.38. The van der Waals surface area contributed by atoms with Gasteiger partial charge < -0.3 is 10.2 Å². The lowest BCUT2D eigenvalue weighted by atomic mass is 10.0. The number of aryl methyl sites for hydroxylation is 1. The van der Waals surface area contributed by atoms with Gasteiger partial charge in [-0.3, -0.25) is 9.59 Å². The van der Waals surface area contributed by atoms with E-state index in [1.54, 1.807) is 51.7 Å². The second-order valence-electron chi connectivity index (χ2n) is 9.35. The molecule has 0 spiro atoms. The summed E-state index contributed by atoms with van der Waals surface area (Å²) in [6.45, 7) is 3.76. The Balaban J connectivity index is 1.37. The minimum Gasteiger partial charge on any atom is -0.326 e. The zero-order chi connectivity index (χ0) is 23.2. The molecule has 2 atom stereocenters. The maximum Gasteiger partial charge on any atom is 0.258 e. The fourth-order valence-electron chi connectivity index (χ4n) is 4.83. The summed E-state index contributed by atoms with van der Waals surface area (Å²) in [6.07, 6.45) is 4.20. The zero-order valence-corrected chi connectivity index (χ0v) is 19.6. The van der Waals surface area contributed by atoms with Crippen molar-refractivity contribution in [2.24, 2.45) is 11.8 Å². The maximum absolute atomic E-state index is 13.4. The molecule has 174 valence electrons. The number of hydrogen-bond acceptors (Lipinski definition) is 4. The molecular formula is C25H29N3O4S. The molecule has 2 heterocycles. The van der Waals surface area contributed by atoms with Gasteiger partial charge in [0.05, 0.1) is 4.90 Å². The molecule has 1 saturated heterocycles. The summed E-state index contributed by atoms with van der Waals surface area (Å²) < 4.78 is 27.5. The number of benzene rings is 2. The third kappa shape index (κ3) is 4.29. The summed E-state index contributed by atoms with van der Waals surface area (Å²) in [7, 11) is -3.50. The first-order chi connectivity index (χ1) is 15.8. The predicted octanol–water partition coefficient (Wildman–Crippen LogP) is 3.66. The van der Waals surface area contributed by atoms with Crippen LogP contribution in [0.25, 0.3) is 0 Å². The standard InChI is InChI=1S/C25H29N3O4S/c1-17-14-22(17)24(29)26-20-8-4-6-19(15-20)25(30)28-13-5-7-18-16-21(9-10-23(18)28)33(31,32)27-11-2-3-12-27/h4,6,8-10,15-17,22H,2-3,5,7,11-14H2,1H3,(H,26,29). The van der Waals surface area contributed by atoms with Gasteiger partial charge in [-0.15, -0.1) is 0 Å². The van der Waals surface area contributed by atoms with Gasteiger partial charge in [-0.25, -0.2) is 8.42 Å². The number of anilines is 2. The fraction of sp³-hybridized carbons (Fsp3) is 0.440. The number of carbonyl (C=O) groups excluding carboxylic acids is 2. The molecule has 1 N–H and O–H groups in total. The molecular weight excluding hydrogens is 438 g/mol. The van der Waals surface area contributed by atoms with Crippen LogP contribution in [0.5, 0.6) is 0 Å². The number of sulfonamides is 1. The minimum absolute atomic E-state index is 0.00200. The van der Waals surface area contributed by atoms with E-state index in [-0.39, 0.29) is 17.7 Å². The number of hydrogen-bond donors (Lipinski definition) is 1. The molecule has 2 unspecified atom stereocenters. The minimum atomic E-state index is -3.50. The number of amides is 2. The van der Waals surface area contributed by atoms with Crippen LogP contribution >= 0.6 is 0 Å². The van der Waals surface area contributed by atoms with Crippen molar-refractivity contribution in [1.82, 2.24) is 4.31 Å². The van der Waals surface area contributed by atoms with E-state index < -0.39 is 10.0 Å². The van der Waals surface area contributed by atoms with Gasteiger partial charge in [0.2, 0.25) is 15.9 Å². The molecule has 3 aliphatic rings. The van der Waals surface area contributed by atoms with Gasteiger partial charge in [0, 0.05) is 42.5 Å². The normalized spacial score (nSPS) is 22.6. The number of carbonyl (C=O) groups is 2. The van der Waals surface area contributed by atoms with Crippen molar-refractivity contribution in [1.29, 1.82) is 0 Å². The molecule has 33 heavy (non-hydrogen) atoms. The van der Waals surface area contributed by atoms with Crippen molar-refractivity contribution >= 4 is 33.2 Å². The van der Waals surface area contributed by atoms with Gasteiger partial charge in [0.15, 0.2) is 0 Å². The smallest absolute Gasteiger partial charge is 0.258 e. The average Bonchev–Trinajstić information content (AvgIpc) is 3.30. The van der Waals surface area contributed by atoms with E-state index >= 15 is 0 Å². The van der Waals surface area contributed by atoms with Crippen LogP contribution in [0.2, 0.25) is 0 Å². The highest BCUT2D eigenvalue weighted by atomic mass is 32.2. The van der Waals surface area contributed by atoms with Gasteiger partial charge in [-0.05, 0) is 80.0 Å². The number of fused-ring (bicyclic) bond motifs is 1. The lowest BCUT2D eigenvalue weighted by Gasteiger charge is -2.30. The van der Waals surface area contributed by atoms with Crippen LogP contribution in [0.4, 0.5) is 11.4 Å². The van der Waals surface area contributed by atoms with Crippen molar-refractivity contribution in [3.8, 4) is 0 Å². The van der Waals surface area contributed by atoms with Crippen LogP contribution in [0.15, 0.2) is 47.4 Å². The Labute approximate surface area is 194 Å². The van der Waals surface area contributed by atoms with Gasteiger partial charge >= 0.3 is 0 Å². The molecule has 0 aromatic heterocycles. The molecule has 2 fully saturated rings. The van der Waals surface area contributed by atoms with E-state index in [0.717, 1.165) is 43.4 Å². The summed E-state index contributed by atoms with van der Waals surface area (Å²) in [6, 6.07) is 12.1. The molecule has 2 aromatic carbocycles. The molecule has 5 rings (SSSR count). The van der Waals surface area contributed by atoms with Crippen LogP contribution in [-0.4, -0.2) is 44.2 Å². The van der Waals surface area contributed by atoms with E-state index in [0.29, 0.717) is 41.7 Å². The Morgan fingerprint density at radius 1 is 1.00 bits per heavy atom. The van der Waals surface area contributed by atoms with Crippen LogP contribution < -0.4 is 10.2 Å². The van der Waals surface area contributed by atoms with Gasteiger partial charge in [0.25, 0.3) is 5.91 Å². The lowest BCUT2D eigenvalue weighted by molar-refractivity contribution is -0.117. The SMILES string of the molecule is CC1CC1C(=O)Nc1cccc(C(=O)N2CCCc3cc(S(=O)(=O)N4CCCC4)ccc32)c1. The van der Waals surface area contributed by atoms with Crippen LogP contribution in [0.1, 0.15) is 48.5 Å². The Morgan fingerprint density at radius 3 is 2.48 bits per heavy atom. The molecule has 0 bridgehead atoms. The van der Waals surface area contributed by atoms with Crippen LogP contribution in [0, 0.1) is 11.8 Å². The van der Waals surface area contributed by atoms with E-state index in [1.165, 1.54) is 0 Å². The second-order valence-corrected chi connectivity index (χ2v) is 11.3. The molecule has 7 nitrogen and oxygen atoms in total. The Morgan fingerprint density at radius 2 is 1.76 bits per heavy atom. The number of rotatable bonds is 5. The third-order valence-corrected chi connectivity index (χ3v) is 8.84. The number of nitrogens with zero attached hydrogens (tertiary/aromatic N) is 2. The quantitative estimate of drug-likeness (QED) is 0.727. The summed E-state index contributed by atoms with van der Waals surface area (Å²) in [5, 5.41) is 2.92. The topological polar surface area (TPSA) is 86.8 Å². The largest absolute Gasteiger partial charge is 0.326 e. The van der Waals surface area contributed by atoms with E-state index in [2.05, 4.69) is 12.2 Å². The zero-order valence-electron chi connectivity index (χ0n) is 18.8. The first kappa shape index (κ1) is 22.1. The van der Waals surface area contributed by atoms with E-state index in [9.17, 15) is 18.0 Å². The van der Waals surface area contributed by atoms with Crippen molar-refractivity contribution in [3.05, 3.63) is 53.6 Å². The lowest BCUT2D eigenvalue weighted by Crippen LogP contribution is -2.36. The average molecular weight is 468 g/mol. The molecule has 2 aliphatic heterocycles. The van der Waals surface area contributed by atoms with Gasteiger partial charge in [-0.2, -0.15) is 4.31 Å². The highest BCUT2D eigenvalue weighted by Gasteiger charge is 2.39. The molecule has 2 amide bonds. The van der Waals surface area contributed by atoms with Crippen LogP contribution in [-0.2, 0) is 21.2 Å². The first-order valence-corrected chi connectivity index (χ1v) is 13.1. The molecule has 1 aliphatic carbocycles. The summed E-state index contributed by atoms with van der Waals surface area (Å²) in [5.74, 6) is 0.326. The van der Waals surface area contributed by atoms with Crippen molar-refractivity contribution in [2.75, 3.05) is 29.9 Å². The molecule has 2 aromatic rings. The van der Waals surface area contributed by atoms with E-state index in [1.807, 2.05) is 0 Å². The Bertz CT molecular complexity index is 1200. The van der Waals surface area contributed by atoms with Gasteiger partial charge in [-0.1, -0.05) is 13.0 Å². The Kier molecular flexibility index (Phi) is 5.74. The predicted molar refractivity (Wildman–Crippen MR) is 127 cm³/mol. The highest BCUT2D eigenvalue weighted by molar-refractivity contribution is 7.89. The fourth-order valence-corrected chi connectivity index (χ4v) is 6.40. The molecule has 0 radical (unpaired) electrons. The maximum atomic E-state index is 13.4. The first-order valence-electron chi connectivity index (χ1n) is 11.7. The van der Waals surface area contributed by atoms with E-state index in [4.69, 9.17) is 0 Å².